The molecule has 0 spiro atoms. The smallest absolute Gasteiger partial charge is 0.128 e. The van der Waals surface area contributed by atoms with Crippen LogP contribution in [-0.2, 0) is 5.41 Å². The summed E-state index contributed by atoms with van der Waals surface area (Å²) in [5, 5.41) is 28.2. The summed E-state index contributed by atoms with van der Waals surface area (Å²) < 4.78 is 27.4. The molecule has 0 atom stereocenters. The molecule has 0 heterocycles. The van der Waals surface area contributed by atoms with Crippen molar-refractivity contribution in [3.8, 4) is 56.4 Å². The fourth-order valence-corrected chi connectivity index (χ4v) is 10.0. The first-order valence-corrected chi connectivity index (χ1v) is 22.2. The van der Waals surface area contributed by atoms with Crippen LogP contribution in [0.25, 0.3) is 76.5 Å². The Labute approximate surface area is 377 Å². The molecule has 0 aromatic heterocycles. The Kier molecular flexibility index (Phi) is 10.6. The van der Waals surface area contributed by atoms with E-state index in [1.165, 1.54) is 0 Å². The van der Waals surface area contributed by atoms with Gasteiger partial charge in [0.1, 0.15) is 49.4 Å². The Morgan fingerprint density at radius 1 is 0.308 bits per heavy atom. The zero-order valence-electron chi connectivity index (χ0n) is 35.7. The lowest BCUT2D eigenvalue weighted by molar-refractivity contribution is 0.173. The van der Waals surface area contributed by atoms with Gasteiger partial charge in [0.2, 0.25) is 0 Å². The second kappa shape index (κ2) is 17.1. The maximum Gasteiger partial charge on any atom is 0.128 e. The maximum atomic E-state index is 9.91. The van der Waals surface area contributed by atoms with Crippen molar-refractivity contribution in [3.63, 3.8) is 0 Å². The largest absolute Gasteiger partial charge is 0.491 e. The van der Waals surface area contributed by atoms with E-state index in [0.29, 0.717) is 23.0 Å². The van der Waals surface area contributed by atoms with Crippen LogP contribution in [0.15, 0.2) is 194 Å². The van der Waals surface area contributed by atoms with Crippen molar-refractivity contribution in [2.24, 2.45) is 0 Å². The quantitative estimate of drug-likeness (QED) is 0.113. The Morgan fingerprint density at radius 2 is 0.600 bits per heavy atom. The third-order valence-corrected chi connectivity index (χ3v) is 12.9. The molecule has 0 aliphatic heterocycles. The standard InChI is InChI=1S/C59H46O6/c60-33-35-62-51-29-25-39-13-1-5-17-43(39)55(51)57-45-19-7-3-15-41(45)27-31-53(57)64-37-59(49-23-11-9-21-47(49)48-22-10-12-24-50(48)59)38-65-54-32-28-42-16-4-8-20-46(42)58(54)56-44-18-6-2-14-40(44)26-30-52(56)63-36-34-61/h1-32,60-61H,33-38H2. The molecule has 1 aliphatic carbocycles. The van der Waals surface area contributed by atoms with E-state index < -0.39 is 5.41 Å². The lowest BCUT2D eigenvalue weighted by Gasteiger charge is -2.33. The molecule has 0 amide bonds. The Balaban J connectivity index is 1.09. The van der Waals surface area contributed by atoms with Gasteiger partial charge in [-0.25, -0.2) is 0 Å². The molecule has 1 aliphatic rings. The van der Waals surface area contributed by atoms with E-state index in [0.717, 1.165) is 87.6 Å². The van der Waals surface area contributed by atoms with Crippen LogP contribution in [0.2, 0.25) is 0 Å². The molecule has 2 N–H and O–H groups in total. The summed E-state index contributed by atoms with van der Waals surface area (Å²) in [7, 11) is 0. The fourth-order valence-electron chi connectivity index (χ4n) is 10.0. The van der Waals surface area contributed by atoms with E-state index in [2.05, 4.69) is 158 Å². The maximum absolute atomic E-state index is 9.91. The van der Waals surface area contributed by atoms with Gasteiger partial charge in [-0.05, 0) is 89.6 Å². The van der Waals surface area contributed by atoms with Crippen molar-refractivity contribution >= 4 is 43.1 Å². The highest BCUT2D eigenvalue weighted by Gasteiger charge is 2.45. The molecule has 0 saturated carbocycles. The van der Waals surface area contributed by atoms with Crippen molar-refractivity contribution in [1.29, 1.82) is 0 Å². The Hall–Kier alpha value is -7.64. The fraction of sp³-hybridized carbons (Fsp3) is 0.119. The lowest BCUT2D eigenvalue weighted by atomic mass is 9.79. The molecule has 10 aromatic carbocycles. The summed E-state index contributed by atoms with van der Waals surface area (Å²) in [6, 6.07) is 67.1. The first-order chi connectivity index (χ1) is 32.2. The highest BCUT2D eigenvalue weighted by molar-refractivity contribution is 6.11. The van der Waals surface area contributed by atoms with E-state index in [1.54, 1.807) is 0 Å². The second-order valence-electron chi connectivity index (χ2n) is 16.5. The van der Waals surface area contributed by atoms with Crippen molar-refractivity contribution < 1.29 is 29.2 Å². The van der Waals surface area contributed by atoms with E-state index >= 15 is 0 Å². The summed E-state index contributed by atoms with van der Waals surface area (Å²) >= 11 is 0. The van der Waals surface area contributed by atoms with Crippen molar-refractivity contribution in [2.75, 3.05) is 39.6 Å². The van der Waals surface area contributed by atoms with Gasteiger partial charge in [-0.1, -0.05) is 170 Å². The molecule has 6 heteroatoms. The van der Waals surface area contributed by atoms with Gasteiger partial charge < -0.3 is 29.2 Å². The second-order valence-corrected chi connectivity index (χ2v) is 16.5. The zero-order valence-corrected chi connectivity index (χ0v) is 35.7. The van der Waals surface area contributed by atoms with Gasteiger partial charge in [0.15, 0.2) is 0 Å². The monoisotopic (exact) mass is 850 g/mol. The molecule has 65 heavy (non-hydrogen) atoms. The predicted octanol–water partition coefficient (Wildman–Crippen LogP) is 12.8. The Bertz CT molecular complexity index is 3170. The normalized spacial score (nSPS) is 12.6. The molecule has 0 radical (unpaired) electrons. The van der Waals surface area contributed by atoms with Crippen LogP contribution in [-0.4, -0.2) is 49.9 Å². The predicted molar refractivity (Wildman–Crippen MR) is 263 cm³/mol. The number of ether oxygens (including phenoxy) is 4. The molecule has 6 nitrogen and oxygen atoms in total. The van der Waals surface area contributed by atoms with Gasteiger partial charge in [-0.2, -0.15) is 0 Å². The molecular formula is C59H46O6. The number of rotatable bonds is 14. The number of aliphatic hydroxyl groups is 2. The number of fused-ring (bicyclic) bond motifs is 7. The van der Waals surface area contributed by atoms with E-state index in [4.69, 9.17) is 18.9 Å². The third-order valence-electron chi connectivity index (χ3n) is 12.9. The minimum atomic E-state index is -0.761. The summed E-state index contributed by atoms with van der Waals surface area (Å²) in [6.07, 6.45) is 0. The minimum Gasteiger partial charge on any atom is -0.491 e. The average Bonchev–Trinajstić information content (AvgIpc) is 3.64. The van der Waals surface area contributed by atoms with E-state index in [1.807, 2.05) is 36.4 Å². The number of hydrogen-bond donors (Lipinski definition) is 2. The molecule has 0 unspecified atom stereocenters. The molecular weight excluding hydrogens is 805 g/mol. The number of benzene rings is 10. The molecule has 10 aromatic rings. The molecule has 0 bridgehead atoms. The van der Waals surface area contributed by atoms with Crippen LogP contribution in [0.4, 0.5) is 0 Å². The van der Waals surface area contributed by atoms with Gasteiger partial charge in [-0.3, -0.25) is 0 Å². The van der Waals surface area contributed by atoms with Crippen LogP contribution >= 0.6 is 0 Å². The molecule has 11 rings (SSSR count). The van der Waals surface area contributed by atoms with Gasteiger partial charge in [0.05, 0.1) is 18.6 Å². The minimum absolute atomic E-state index is 0.108. The summed E-state index contributed by atoms with van der Waals surface area (Å²) in [5.41, 5.74) is 7.46. The van der Waals surface area contributed by atoms with Gasteiger partial charge in [-0.15, -0.1) is 0 Å². The van der Waals surface area contributed by atoms with Crippen molar-refractivity contribution in [3.05, 3.63) is 205 Å². The zero-order chi connectivity index (χ0) is 43.7. The van der Waals surface area contributed by atoms with Crippen LogP contribution in [0.5, 0.6) is 23.0 Å². The topological polar surface area (TPSA) is 77.4 Å². The van der Waals surface area contributed by atoms with E-state index in [9.17, 15) is 10.2 Å². The van der Waals surface area contributed by atoms with Gasteiger partial charge in [0.25, 0.3) is 0 Å². The Morgan fingerprint density at radius 3 is 0.938 bits per heavy atom. The van der Waals surface area contributed by atoms with Crippen LogP contribution < -0.4 is 18.9 Å². The van der Waals surface area contributed by atoms with Crippen LogP contribution in [0.1, 0.15) is 11.1 Å². The third kappa shape index (κ3) is 6.99. The number of hydrogen-bond acceptors (Lipinski definition) is 6. The highest BCUT2D eigenvalue weighted by Crippen LogP contribution is 2.52. The lowest BCUT2D eigenvalue weighted by Crippen LogP contribution is -2.39. The molecule has 0 fully saturated rings. The average molecular weight is 851 g/mol. The number of aliphatic hydroxyl groups excluding tert-OH is 2. The first-order valence-electron chi connectivity index (χ1n) is 22.2. The molecule has 318 valence electrons. The van der Waals surface area contributed by atoms with Crippen molar-refractivity contribution in [2.45, 2.75) is 5.41 Å². The highest BCUT2D eigenvalue weighted by atomic mass is 16.5. The van der Waals surface area contributed by atoms with Gasteiger partial charge in [0, 0.05) is 22.3 Å². The summed E-state index contributed by atoms with van der Waals surface area (Å²) in [5.74, 6) is 2.77. The van der Waals surface area contributed by atoms with Gasteiger partial charge >= 0.3 is 0 Å². The van der Waals surface area contributed by atoms with Crippen LogP contribution in [0, 0.1) is 0 Å². The van der Waals surface area contributed by atoms with Crippen LogP contribution in [0.3, 0.4) is 0 Å². The van der Waals surface area contributed by atoms with Crippen molar-refractivity contribution in [1.82, 2.24) is 0 Å². The first kappa shape index (κ1) is 40.2. The molecule has 0 saturated heterocycles. The SMILES string of the molecule is OCCOc1ccc2ccccc2c1-c1c(OCC2(COc3ccc4ccccc4c3-c3c(OCCO)ccc4ccccc34)c3ccccc3-c3ccccc32)ccc2ccccc12. The van der Waals surface area contributed by atoms with E-state index in [-0.39, 0.29) is 39.6 Å². The summed E-state index contributed by atoms with van der Waals surface area (Å²) in [6.45, 7) is 0.611. The summed E-state index contributed by atoms with van der Waals surface area (Å²) in [4.78, 5) is 0.